The number of hydrogen-bond acceptors (Lipinski definition) is 3. The lowest BCUT2D eigenvalue weighted by Gasteiger charge is -2.16. The van der Waals surface area contributed by atoms with E-state index in [-0.39, 0.29) is 17.1 Å². The molecular weight excluding hydrogens is 340 g/mol. The van der Waals surface area contributed by atoms with Crippen LogP contribution in [0.2, 0.25) is 0 Å². The Morgan fingerprint density at radius 2 is 2.00 bits per heavy atom. The van der Waals surface area contributed by atoms with Crippen LogP contribution in [0.4, 0.5) is 4.39 Å². The number of hydrogen-bond donors (Lipinski definition) is 0. The summed E-state index contributed by atoms with van der Waals surface area (Å²) in [5, 5.41) is 8.90. The predicted molar refractivity (Wildman–Crippen MR) is 84.7 cm³/mol. The molecular formula is C17H10Cl2FNO2. The topological polar surface area (TPSA) is 50.1 Å². The van der Waals surface area contributed by atoms with Crippen molar-refractivity contribution in [1.29, 1.82) is 5.26 Å². The molecule has 23 heavy (non-hydrogen) atoms. The Kier molecular flexibility index (Phi) is 4.25. The highest BCUT2D eigenvalue weighted by Crippen LogP contribution is 2.42. The lowest BCUT2D eigenvalue weighted by Crippen LogP contribution is -1.99. The van der Waals surface area contributed by atoms with Crippen LogP contribution in [0.1, 0.15) is 38.3 Å². The number of fused-ring (bicyclic) bond motifs is 1. The van der Waals surface area contributed by atoms with Gasteiger partial charge >= 0.3 is 0 Å². The van der Waals surface area contributed by atoms with Gasteiger partial charge in [0.05, 0.1) is 11.6 Å². The maximum atomic E-state index is 13.5. The molecule has 1 aliphatic carbocycles. The number of carbonyl (C=O) groups is 1. The van der Waals surface area contributed by atoms with E-state index in [1.807, 2.05) is 6.07 Å². The molecule has 0 heterocycles. The molecule has 1 aliphatic rings. The Balaban J connectivity index is 2.06. The first-order chi connectivity index (χ1) is 11.0. The van der Waals surface area contributed by atoms with E-state index in [0.717, 1.165) is 11.6 Å². The number of carbonyl (C=O) groups excluding carboxylic acids is 1. The summed E-state index contributed by atoms with van der Waals surface area (Å²) in [5.74, 6) is -0.0199. The molecule has 0 unspecified atom stereocenters. The molecule has 0 radical (unpaired) electrons. The average molecular weight is 350 g/mol. The third-order valence-corrected chi connectivity index (χ3v) is 4.10. The van der Waals surface area contributed by atoms with Gasteiger partial charge in [0.2, 0.25) is 0 Å². The van der Waals surface area contributed by atoms with E-state index >= 15 is 0 Å². The van der Waals surface area contributed by atoms with Gasteiger partial charge in [0.1, 0.15) is 22.2 Å². The van der Waals surface area contributed by atoms with E-state index in [1.165, 1.54) is 12.1 Å². The van der Waals surface area contributed by atoms with Crippen LogP contribution in [0, 0.1) is 17.1 Å². The quantitative estimate of drug-likeness (QED) is 0.724. The summed E-state index contributed by atoms with van der Waals surface area (Å²) in [6, 6.07) is 8.81. The summed E-state index contributed by atoms with van der Waals surface area (Å²) >= 11 is 12.1. The largest absolute Gasteiger partial charge is 0.457 e. The van der Waals surface area contributed by atoms with Gasteiger partial charge in [-0.05, 0) is 36.2 Å². The first-order valence-corrected chi connectivity index (χ1v) is 7.72. The highest BCUT2D eigenvalue weighted by Gasteiger charge is 2.27. The summed E-state index contributed by atoms with van der Waals surface area (Å²) in [6.07, 6.45) is 0.952. The fourth-order valence-electron chi connectivity index (χ4n) is 2.69. The lowest BCUT2D eigenvalue weighted by atomic mass is 10.0. The van der Waals surface area contributed by atoms with Gasteiger partial charge in [0.25, 0.3) is 0 Å². The van der Waals surface area contributed by atoms with E-state index in [0.29, 0.717) is 29.7 Å². The number of ketones is 1. The standard InChI is InChI=1S/C17H10Cl2FNO2/c18-17(19)16-13-1-3-14(22)12(13)2-4-15(16)23-11-6-9(8-21)5-10(20)7-11/h2,4-7,17H,1,3H2. The van der Waals surface area contributed by atoms with Crippen molar-refractivity contribution in [3.8, 4) is 17.6 Å². The van der Waals surface area contributed by atoms with Crippen molar-refractivity contribution >= 4 is 29.0 Å². The Labute approximate surface area is 142 Å². The van der Waals surface area contributed by atoms with Gasteiger partial charge in [-0.1, -0.05) is 23.2 Å². The van der Waals surface area contributed by atoms with Gasteiger partial charge in [-0.25, -0.2) is 4.39 Å². The van der Waals surface area contributed by atoms with E-state index in [1.54, 1.807) is 12.1 Å². The van der Waals surface area contributed by atoms with Crippen LogP contribution in [-0.4, -0.2) is 5.78 Å². The zero-order chi connectivity index (χ0) is 16.6. The first kappa shape index (κ1) is 15.8. The van der Waals surface area contributed by atoms with E-state index < -0.39 is 10.7 Å². The Bertz CT molecular complexity index is 843. The van der Waals surface area contributed by atoms with Crippen molar-refractivity contribution in [2.75, 3.05) is 0 Å². The summed E-state index contributed by atoms with van der Waals surface area (Å²) in [4.78, 5) is 10.9. The highest BCUT2D eigenvalue weighted by molar-refractivity contribution is 6.44. The van der Waals surface area contributed by atoms with Crippen LogP contribution >= 0.6 is 23.2 Å². The zero-order valence-electron chi connectivity index (χ0n) is 11.8. The second kappa shape index (κ2) is 6.19. The molecule has 0 saturated carbocycles. The van der Waals surface area contributed by atoms with Crippen molar-refractivity contribution in [3.05, 3.63) is 58.4 Å². The number of nitrogens with zero attached hydrogens (tertiary/aromatic N) is 1. The predicted octanol–water partition coefficient (Wildman–Crippen LogP) is 5.09. The fraction of sp³-hybridized carbons (Fsp3) is 0.176. The molecule has 116 valence electrons. The summed E-state index contributed by atoms with van der Waals surface area (Å²) in [6.45, 7) is 0. The van der Waals surface area contributed by atoms with E-state index in [2.05, 4.69) is 0 Å². The van der Waals surface area contributed by atoms with Crippen LogP contribution in [0.25, 0.3) is 0 Å². The maximum Gasteiger partial charge on any atom is 0.163 e. The molecule has 2 aromatic carbocycles. The molecule has 0 fully saturated rings. The van der Waals surface area contributed by atoms with Crippen molar-refractivity contribution in [2.24, 2.45) is 0 Å². The molecule has 6 heteroatoms. The van der Waals surface area contributed by atoms with Crippen LogP contribution in [-0.2, 0) is 6.42 Å². The van der Waals surface area contributed by atoms with Crippen LogP contribution in [0.3, 0.4) is 0 Å². The molecule has 0 N–H and O–H groups in total. The number of halogens is 3. The lowest BCUT2D eigenvalue weighted by molar-refractivity contribution is 0.0994. The van der Waals surface area contributed by atoms with E-state index in [9.17, 15) is 9.18 Å². The molecule has 0 spiro atoms. The van der Waals surface area contributed by atoms with Crippen molar-refractivity contribution in [3.63, 3.8) is 0 Å². The third-order valence-electron chi connectivity index (χ3n) is 3.67. The minimum absolute atomic E-state index is 0.0410. The molecule has 3 nitrogen and oxygen atoms in total. The minimum atomic E-state index is -0.880. The summed E-state index contributed by atoms with van der Waals surface area (Å²) in [7, 11) is 0. The Morgan fingerprint density at radius 3 is 2.70 bits per heavy atom. The number of nitriles is 1. The third kappa shape index (κ3) is 3.03. The Morgan fingerprint density at radius 1 is 1.22 bits per heavy atom. The number of benzene rings is 2. The van der Waals surface area contributed by atoms with Crippen LogP contribution in [0.15, 0.2) is 30.3 Å². The van der Waals surface area contributed by atoms with Gasteiger partial charge < -0.3 is 4.74 Å². The average Bonchev–Trinajstić information content (AvgIpc) is 2.87. The zero-order valence-corrected chi connectivity index (χ0v) is 13.3. The number of rotatable bonds is 3. The monoisotopic (exact) mass is 349 g/mol. The molecule has 0 saturated heterocycles. The summed E-state index contributed by atoms with van der Waals surface area (Å²) < 4.78 is 19.2. The van der Waals surface area contributed by atoms with Crippen molar-refractivity contribution in [2.45, 2.75) is 17.7 Å². The minimum Gasteiger partial charge on any atom is -0.457 e. The second-order valence-corrected chi connectivity index (χ2v) is 6.21. The molecule has 0 amide bonds. The molecule has 0 aromatic heterocycles. The molecule has 0 bridgehead atoms. The van der Waals surface area contributed by atoms with Gasteiger partial charge in [-0.15, -0.1) is 0 Å². The normalized spacial score (nSPS) is 13.1. The molecule has 0 aliphatic heterocycles. The van der Waals surface area contributed by atoms with Crippen LogP contribution < -0.4 is 4.74 Å². The highest BCUT2D eigenvalue weighted by atomic mass is 35.5. The van der Waals surface area contributed by atoms with E-state index in [4.69, 9.17) is 33.2 Å². The number of ether oxygens (including phenoxy) is 1. The van der Waals surface area contributed by atoms with Gasteiger partial charge in [0.15, 0.2) is 5.78 Å². The van der Waals surface area contributed by atoms with Crippen molar-refractivity contribution < 1.29 is 13.9 Å². The smallest absolute Gasteiger partial charge is 0.163 e. The first-order valence-electron chi connectivity index (χ1n) is 6.85. The van der Waals surface area contributed by atoms with Crippen LogP contribution in [0.5, 0.6) is 11.5 Å². The Hall–Kier alpha value is -2.09. The molecule has 2 aromatic rings. The second-order valence-electron chi connectivity index (χ2n) is 5.12. The van der Waals surface area contributed by atoms with Gasteiger partial charge in [-0.2, -0.15) is 5.26 Å². The molecule has 3 rings (SSSR count). The number of alkyl halides is 2. The maximum absolute atomic E-state index is 13.5. The van der Waals surface area contributed by atoms with Gasteiger partial charge in [-0.3, -0.25) is 4.79 Å². The van der Waals surface area contributed by atoms with Crippen molar-refractivity contribution in [1.82, 2.24) is 0 Å². The van der Waals surface area contributed by atoms with Gasteiger partial charge in [0, 0.05) is 23.6 Å². The SMILES string of the molecule is N#Cc1cc(F)cc(Oc2ccc3c(c2C(Cl)Cl)CCC3=O)c1. The summed E-state index contributed by atoms with van der Waals surface area (Å²) in [5.41, 5.74) is 2.01. The fourth-order valence-corrected chi connectivity index (χ4v) is 3.17. The molecule has 0 atom stereocenters. The number of Topliss-reactive ketones (excluding diaryl/α,β-unsaturated/α-hetero) is 1.